The first-order valence-electron chi connectivity index (χ1n) is 14.4. The van der Waals surface area contributed by atoms with Gasteiger partial charge in [0, 0.05) is 36.0 Å². The fourth-order valence-electron chi connectivity index (χ4n) is 6.18. The van der Waals surface area contributed by atoms with E-state index in [2.05, 4.69) is 0 Å². The van der Waals surface area contributed by atoms with E-state index in [1.54, 1.807) is 5.32 Å². The molecule has 2 amide bonds. The molecule has 49 heavy (non-hydrogen) atoms. The topological polar surface area (TPSA) is 209 Å². The van der Waals surface area contributed by atoms with Gasteiger partial charge in [0.1, 0.15) is 23.2 Å². The Balaban J connectivity index is 1.60. The number of fused-ring (bicyclic) bond motifs is 3. The van der Waals surface area contributed by atoms with Crippen LogP contribution in [0.15, 0.2) is 18.2 Å². The molecule has 5 rings (SSSR count). The van der Waals surface area contributed by atoms with Gasteiger partial charge < -0.3 is 40.5 Å². The van der Waals surface area contributed by atoms with Crippen LogP contribution in [0.3, 0.4) is 0 Å². The predicted molar refractivity (Wildman–Crippen MR) is 148 cm³/mol. The van der Waals surface area contributed by atoms with Crippen LogP contribution in [-0.2, 0) is 30.3 Å². The molecular formula is C30H26F6N2O11. The van der Waals surface area contributed by atoms with Crippen molar-refractivity contribution in [3.05, 3.63) is 51.6 Å². The van der Waals surface area contributed by atoms with Gasteiger partial charge in [-0.05, 0) is 19.9 Å². The zero-order valence-corrected chi connectivity index (χ0v) is 25.2. The summed E-state index contributed by atoms with van der Waals surface area (Å²) in [6.45, 7) is 2.20. The number of phenols is 2. The van der Waals surface area contributed by atoms with Gasteiger partial charge in [0.15, 0.2) is 23.6 Å². The molecular weight excluding hydrogens is 678 g/mol. The molecule has 2 aromatic rings. The number of halogens is 6. The number of anilines is 1. The Bertz CT molecular complexity index is 1790. The van der Waals surface area contributed by atoms with Crippen LogP contribution in [0.1, 0.15) is 75.8 Å². The maximum absolute atomic E-state index is 13.8. The van der Waals surface area contributed by atoms with Crippen LogP contribution in [-0.4, -0.2) is 92.1 Å². The summed E-state index contributed by atoms with van der Waals surface area (Å²) in [5.41, 5.74) is -7.13. The highest BCUT2D eigenvalue weighted by Gasteiger charge is 2.50. The molecule has 2 aromatic carbocycles. The van der Waals surface area contributed by atoms with Crippen molar-refractivity contribution in [1.82, 2.24) is 5.32 Å². The van der Waals surface area contributed by atoms with E-state index < -0.39 is 148 Å². The van der Waals surface area contributed by atoms with E-state index in [1.165, 1.54) is 12.2 Å². The lowest BCUT2D eigenvalue weighted by molar-refractivity contribution is -0.250. The number of nitrogens with one attached hydrogen (secondary N) is 2. The molecule has 2 aliphatic carbocycles. The van der Waals surface area contributed by atoms with Crippen LogP contribution < -0.4 is 10.6 Å². The monoisotopic (exact) mass is 704 g/mol. The zero-order chi connectivity index (χ0) is 36.5. The number of hydrogen-bond donors (Lipinski definition) is 6. The number of aromatic hydroxyl groups is 2. The van der Waals surface area contributed by atoms with Crippen LogP contribution in [0.2, 0.25) is 0 Å². The lowest BCUT2D eigenvalue weighted by atomic mass is 9.72. The van der Waals surface area contributed by atoms with Crippen LogP contribution in [0.4, 0.5) is 32.0 Å². The normalized spacial score (nSPS) is 26.7. The van der Waals surface area contributed by atoms with Gasteiger partial charge in [0.25, 0.3) is 0 Å². The molecule has 19 heteroatoms. The summed E-state index contributed by atoms with van der Waals surface area (Å²) in [6, 6.07) is 1.33. The Labute approximate surface area is 270 Å². The number of benzene rings is 2. The third kappa shape index (κ3) is 6.22. The highest BCUT2D eigenvalue weighted by molar-refractivity contribution is 6.32. The van der Waals surface area contributed by atoms with Crippen LogP contribution in [0.5, 0.6) is 11.5 Å². The van der Waals surface area contributed by atoms with Crippen molar-refractivity contribution in [3.8, 4) is 11.5 Å². The quantitative estimate of drug-likeness (QED) is 0.168. The molecule has 13 nitrogen and oxygen atoms in total. The molecule has 1 aliphatic heterocycles. The number of carbonyl (C=O) groups is 5. The van der Waals surface area contributed by atoms with Gasteiger partial charge in [-0.3, -0.25) is 24.0 Å². The standard InChI is InChI=1S/C30H26F6N2O11/c1-9-21(40)14(38-27(46)30(34,35)36)6-16(48-9)49-15-8-28(47,10(2)39)7-12-18(15)25(44)20-19(23(12)42)22(41)11-4-3-5-13(17(11)24(20)43)37-26(45)29(31,32)33/h3-5,9,14-16,21,40,42,44,47H,6-8H2,1-2H3,(H,37,45)(H,38,46). The summed E-state index contributed by atoms with van der Waals surface area (Å²) in [4.78, 5) is 63.3. The maximum atomic E-state index is 13.8. The maximum Gasteiger partial charge on any atom is 0.471 e. The second kappa shape index (κ2) is 12.1. The van der Waals surface area contributed by atoms with E-state index in [-0.39, 0.29) is 0 Å². The minimum atomic E-state index is -5.40. The van der Waals surface area contributed by atoms with Crippen molar-refractivity contribution < 1.29 is 80.2 Å². The minimum Gasteiger partial charge on any atom is -0.507 e. The third-order valence-corrected chi connectivity index (χ3v) is 8.65. The largest absolute Gasteiger partial charge is 0.507 e. The second-order valence-corrected chi connectivity index (χ2v) is 11.8. The smallest absolute Gasteiger partial charge is 0.471 e. The molecule has 0 aromatic heterocycles. The summed E-state index contributed by atoms with van der Waals surface area (Å²) in [6.07, 6.45) is -19.1. The fraction of sp³-hybridized carbons (Fsp3) is 0.433. The Morgan fingerprint density at radius 3 is 2.16 bits per heavy atom. The molecule has 1 saturated heterocycles. The van der Waals surface area contributed by atoms with Crippen molar-refractivity contribution in [1.29, 1.82) is 0 Å². The number of Topliss-reactive ketones (excluding diaryl/α,β-unsaturated/α-hetero) is 1. The van der Waals surface area contributed by atoms with Crippen molar-refractivity contribution >= 4 is 34.9 Å². The summed E-state index contributed by atoms with van der Waals surface area (Å²) >= 11 is 0. The molecule has 1 fully saturated rings. The third-order valence-electron chi connectivity index (χ3n) is 8.65. The molecule has 264 valence electrons. The van der Waals surface area contributed by atoms with Crippen molar-refractivity contribution in [2.45, 2.75) is 81.7 Å². The predicted octanol–water partition coefficient (Wildman–Crippen LogP) is 2.24. The number of ketones is 3. The number of hydrogen-bond acceptors (Lipinski definition) is 11. The van der Waals surface area contributed by atoms with Gasteiger partial charge in [0.2, 0.25) is 0 Å². The van der Waals surface area contributed by atoms with Crippen molar-refractivity contribution in [2.24, 2.45) is 0 Å². The van der Waals surface area contributed by atoms with E-state index in [0.29, 0.717) is 0 Å². The van der Waals surface area contributed by atoms with Crippen LogP contribution in [0, 0.1) is 0 Å². The molecule has 0 spiro atoms. The number of alkyl halides is 6. The number of amides is 2. The molecule has 6 N–H and O–H groups in total. The molecule has 3 aliphatic rings. The van der Waals surface area contributed by atoms with Crippen molar-refractivity contribution in [3.63, 3.8) is 0 Å². The van der Waals surface area contributed by atoms with Gasteiger partial charge in [-0.25, -0.2) is 0 Å². The highest BCUT2D eigenvalue weighted by Crippen LogP contribution is 2.52. The van der Waals surface area contributed by atoms with Crippen molar-refractivity contribution in [2.75, 3.05) is 5.32 Å². The van der Waals surface area contributed by atoms with E-state index >= 15 is 0 Å². The first-order valence-corrected chi connectivity index (χ1v) is 14.4. The number of ether oxygens (including phenoxy) is 2. The van der Waals surface area contributed by atoms with E-state index in [1.807, 2.05) is 0 Å². The van der Waals surface area contributed by atoms with Gasteiger partial charge in [-0.15, -0.1) is 0 Å². The van der Waals surface area contributed by atoms with Gasteiger partial charge in [-0.2, -0.15) is 26.3 Å². The first kappa shape index (κ1) is 35.7. The molecule has 6 atom stereocenters. The first-order chi connectivity index (χ1) is 22.6. The molecule has 0 radical (unpaired) electrons. The molecule has 0 bridgehead atoms. The van der Waals surface area contributed by atoms with Crippen LogP contribution in [0.25, 0.3) is 0 Å². The minimum absolute atomic E-state index is 0.456. The lowest BCUT2D eigenvalue weighted by Gasteiger charge is -2.42. The summed E-state index contributed by atoms with van der Waals surface area (Å²) < 4.78 is 89.3. The van der Waals surface area contributed by atoms with Crippen LogP contribution >= 0.6 is 0 Å². The molecule has 6 unspecified atom stereocenters. The number of carbonyl (C=O) groups excluding carboxylic acids is 5. The number of rotatable bonds is 5. The van der Waals surface area contributed by atoms with Gasteiger partial charge in [-0.1, -0.05) is 12.1 Å². The average molecular weight is 705 g/mol. The van der Waals surface area contributed by atoms with Gasteiger partial charge >= 0.3 is 24.2 Å². The molecule has 1 heterocycles. The Morgan fingerprint density at radius 1 is 0.959 bits per heavy atom. The van der Waals surface area contributed by atoms with E-state index in [4.69, 9.17) is 9.47 Å². The highest BCUT2D eigenvalue weighted by atomic mass is 19.4. The Kier molecular flexibility index (Phi) is 8.80. The summed E-state index contributed by atoms with van der Waals surface area (Å²) in [5, 5.41) is 47.7. The second-order valence-electron chi connectivity index (χ2n) is 11.8. The summed E-state index contributed by atoms with van der Waals surface area (Å²) in [7, 11) is 0. The number of aliphatic hydroxyl groups excluding tert-OH is 1. The fourth-order valence-corrected chi connectivity index (χ4v) is 6.18. The Morgan fingerprint density at radius 2 is 1.57 bits per heavy atom. The van der Waals surface area contributed by atoms with E-state index in [9.17, 15) is 70.7 Å². The Hall–Kier alpha value is -4.59. The zero-order valence-electron chi connectivity index (χ0n) is 25.2. The lowest BCUT2D eigenvalue weighted by Crippen LogP contribution is -2.57. The number of aliphatic hydroxyl groups is 2. The SMILES string of the molecule is CC(=O)C1(O)Cc2c(O)c3c(c(O)c2C(OC2CC(NC(=O)C(F)(F)F)C(O)C(C)O2)C1)C(=O)c1c(NC(=O)C(F)(F)F)cccc1C3=O. The number of phenolic OH excluding ortho intramolecular Hbond substituents is 2. The van der Waals surface area contributed by atoms with Gasteiger partial charge in [0.05, 0.1) is 40.6 Å². The van der Waals surface area contributed by atoms with E-state index in [0.717, 1.165) is 25.1 Å². The summed E-state index contributed by atoms with van der Waals surface area (Å²) in [5.74, 6) is -10.3. The average Bonchev–Trinajstić information content (AvgIpc) is 2.98. The molecule has 0 saturated carbocycles.